The molecule has 0 aliphatic heterocycles. The number of hydrogen-bond acceptors (Lipinski definition) is 3. The van der Waals surface area contributed by atoms with Crippen LogP contribution in [-0.4, -0.2) is 27.5 Å². The zero-order valence-electron chi connectivity index (χ0n) is 19.4. The van der Waals surface area contributed by atoms with E-state index in [0.29, 0.717) is 11.3 Å². The molecule has 0 radical (unpaired) electrons. The van der Waals surface area contributed by atoms with Crippen LogP contribution in [0.4, 0.5) is 0 Å². The van der Waals surface area contributed by atoms with Crippen LogP contribution in [0.5, 0.6) is 0 Å². The van der Waals surface area contributed by atoms with Gasteiger partial charge in [0.05, 0.1) is 18.5 Å². The maximum Gasteiger partial charge on any atom is 0.0719 e. The SMILES string of the molecule is C=CO.CCCC[C@H]1CCC2[C@@H]3CC[C@]4(C)C[C@H](O)CC[C@]4(C)C3C[C@H](O)[C@@]21C. The highest BCUT2D eigenvalue weighted by Crippen LogP contribution is 2.70. The van der Waals surface area contributed by atoms with Crippen LogP contribution in [0.2, 0.25) is 0 Å². The van der Waals surface area contributed by atoms with Crippen molar-refractivity contribution < 1.29 is 15.3 Å². The lowest BCUT2D eigenvalue weighted by Crippen LogP contribution is -2.61. The lowest BCUT2D eigenvalue weighted by Gasteiger charge is -2.66. The topological polar surface area (TPSA) is 60.7 Å². The van der Waals surface area contributed by atoms with Gasteiger partial charge in [-0.05, 0) is 97.7 Å². The fourth-order valence-electron chi connectivity index (χ4n) is 8.62. The molecule has 4 rings (SSSR count). The van der Waals surface area contributed by atoms with Crippen LogP contribution in [0, 0.1) is 39.9 Å². The van der Waals surface area contributed by atoms with Gasteiger partial charge in [0.25, 0.3) is 0 Å². The molecule has 4 saturated carbocycles. The first-order valence-corrected chi connectivity index (χ1v) is 12.3. The molecule has 0 aromatic rings. The van der Waals surface area contributed by atoms with E-state index in [9.17, 15) is 10.2 Å². The molecule has 2 unspecified atom stereocenters. The van der Waals surface area contributed by atoms with E-state index in [1.54, 1.807) is 0 Å². The Morgan fingerprint density at radius 2 is 1.69 bits per heavy atom. The Balaban J connectivity index is 0.000000755. The first-order chi connectivity index (χ1) is 13.7. The van der Waals surface area contributed by atoms with E-state index in [2.05, 4.69) is 34.3 Å². The monoisotopic (exact) mass is 406 g/mol. The standard InChI is InChI=1S/C24H42O2.C2H4O/c1-5-6-7-16-8-9-19-18-11-12-22(2)15-17(25)10-13-23(22,3)20(18)14-21(26)24(16,19)4;1-2-3/h16-21,25-26H,5-15H2,1-4H3;2-3H,1H2/t16-,17+,18-,19?,20?,21-,22+,23+,24+;/m0./s1. The molecular formula is C26H46O3. The highest BCUT2D eigenvalue weighted by atomic mass is 16.3. The van der Waals surface area contributed by atoms with Crippen LogP contribution in [0.1, 0.15) is 98.3 Å². The Kier molecular flexibility index (Phi) is 6.81. The quantitative estimate of drug-likeness (QED) is 0.486. The van der Waals surface area contributed by atoms with Gasteiger partial charge in [0.1, 0.15) is 0 Å². The zero-order valence-corrected chi connectivity index (χ0v) is 19.4. The summed E-state index contributed by atoms with van der Waals surface area (Å²) < 4.78 is 0. The van der Waals surface area contributed by atoms with Crippen LogP contribution in [0.3, 0.4) is 0 Å². The van der Waals surface area contributed by atoms with Crippen molar-refractivity contribution in [1.82, 2.24) is 0 Å². The number of aliphatic hydroxyl groups excluding tert-OH is 3. The van der Waals surface area contributed by atoms with Gasteiger partial charge in [0, 0.05) is 0 Å². The van der Waals surface area contributed by atoms with E-state index >= 15 is 0 Å². The van der Waals surface area contributed by atoms with Crippen molar-refractivity contribution in [1.29, 1.82) is 0 Å². The van der Waals surface area contributed by atoms with Gasteiger partial charge in [0.15, 0.2) is 0 Å². The Morgan fingerprint density at radius 1 is 1.00 bits per heavy atom. The molecule has 168 valence electrons. The van der Waals surface area contributed by atoms with Crippen LogP contribution in [0.25, 0.3) is 0 Å². The van der Waals surface area contributed by atoms with Crippen LogP contribution in [-0.2, 0) is 0 Å². The summed E-state index contributed by atoms with van der Waals surface area (Å²) in [6, 6.07) is 0. The third-order valence-electron chi connectivity index (χ3n) is 10.5. The third kappa shape index (κ3) is 3.59. The molecule has 0 bridgehead atoms. The molecule has 9 atom stereocenters. The predicted octanol–water partition coefficient (Wildman–Crippen LogP) is 6.25. The maximum absolute atomic E-state index is 11.4. The number of fused-ring (bicyclic) bond motifs is 5. The second-order valence-corrected chi connectivity index (χ2v) is 11.5. The highest BCUT2D eigenvalue weighted by Gasteiger charge is 2.65. The van der Waals surface area contributed by atoms with Crippen molar-refractivity contribution in [3.63, 3.8) is 0 Å². The molecule has 3 heteroatoms. The normalized spacial score (nSPS) is 51.1. The largest absolute Gasteiger partial charge is 0.516 e. The molecule has 0 spiro atoms. The van der Waals surface area contributed by atoms with E-state index in [1.807, 2.05) is 0 Å². The van der Waals surface area contributed by atoms with E-state index in [-0.39, 0.29) is 23.0 Å². The molecule has 0 saturated heterocycles. The summed E-state index contributed by atoms with van der Waals surface area (Å²) in [6.45, 7) is 12.6. The average Bonchev–Trinajstić information content (AvgIpc) is 3.01. The summed E-state index contributed by atoms with van der Waals surface area (Å²) in [6.07, 6.45) is 13.9. The number of rotatable bonds is 3. The first-order valence-electron chi connectivity index (χ1n) is 12.3. The van der Waals surface area contributed by atoms with E-state index in [4.69, 9.17) is 5.11 Å². The summed E-state index contributed by atoms with van der Waals surface area (Å²) in [5.74, 6) is 2.93. The highest BCUT2D eigenvalue weighted by molar-refractivity contribution is 5.14. The second kappa shape index (κ2) is 8.54. The zero-order chi connectivity index (χ0) is 21.4. The molecule has 0 aromatic heterocycles. The minimum atomic E-state index is -0.121. The number of aliphatic hydroxyl groups is 3. The van der Waals surface area contributed by atoms with E-state index in [1.165, 1.54) is 44.9 Å². The van der Waals surface area contributed by atoms with Gasteiger partial charge in [-0.1, -0.05) is 47.1 Å². The molecule has 0 heterocycles. The van der Waals surface area contributed by atoms with Crippen LogP contribution in [0.15, 0.2) is 12.8 Å². The lowest BCUT2D eigenvalue weighted by atomic mass is 9.40. The Bertz CT molecular complexity index is 576. The Labute approximate surface area is 179 Å². The smallest absolute Gasteiger partial charge is 0.0719 e. The van der Waals surface area contributed by atoms with Gasteiger partial charge >= 0.3 is 0 Å². The van der Waals surface area contributed by atoms with Gasteiger partial charge in [-0.25, -0.2) is 0 Å². The second-order valence-electron chi connectivity index (χ2n) is 11.5. The molecule has 29 heavy (non-hydrogen) atoms. The molecule has 3 nitrogen and oxygen atoms in total. The fourth-order valence-corrected chi connectivity index (χ4v) is 8.62. The van der Waals surface area contributed by atoms with Crippen molar-refractivity contribution in [3.8, 4) is 0 Å². The minimum Gasteiger partial charge on any atom is -0.516 e. The molecule has 4 aliphatic rings. The van der Waals surface area contributed by atoms with Crippen molar-refractivity contribution in [3.05, 3.63) is 12.8 Å². The summed E-state index contributed by atoms with van der Waals surface area (Å²) in [7, 11) is 0. The molecule has 3 N–H and O–H groups in total. The maximum atomic E-state index is 11.4. The third-order valence-corrected chi connectivity index (χ3v) is 10.5. The van der Waals surface area contributed by atoms with Crippen molar-refractivity contribution >= 4 is 0 Å². The minimum absolute atomic E-state index is 0.103. The summed E-state index contributed by atoms with van der Waals surface area (Å²) in [5, 5.41) is 29.1. The summed E-state index contributed by atoms with van der Waals surface area (Å²) in [4.78, 5) is 0. The summed E-state index contributed by atoms with van der Waals surface area (Å²) in [5.41, 5.74) is 0.729. The van der Waals surface area contributed by atoms with Gasteiger partial charge in [0.2, 0.25) is 0 Å². The molecule has 4 fully saturated rings. The number of unbranched alkanes of at least 4 members (excludes halogenated alkanes) is 1. The Hall–Kier alpha value is -0.540. The first kappa shape index (κ1) is 23.1. The van der Waals surface area contributed by atoms with Gasteiger partial charge in [-0.2, -0.15) is 0 Å². The predicted molar refractivity (Wildman–Crippen MR) is 120 cm³/mol. The molecular weight excluding hydrogens is 360 g/mol. The van der Waals surface area contributed by atoms with Crippen LogP contribution < -0.4 is 0 Å². The Morgan fingerprint density at radius 3 is 2.34 bits per heavy atom. The van der Waals surface area contributed by atoms with E-state index < -0.39 is 0 Å². The van der Waals surface area contributed by atoms with Crippen molar-refractivity contribution in [2.45, 2.75) is 111 Å². The fraction of sp³-hybridized carbons (Fsp3) is 0.923. The molecule has 0 amide bonds. The van der Waals surface area contributed by atoms with Gasteiger partial charge < -0.3 is 15.3 Å². The van der Waals surface area contributed by atoms with E-state index in [0.717, 1.165) is 49.7 Å². The lowest BCUT2D eigenvalue weighted by molar-refractivity contribution is -0.199. The van der Waals surface area contributed by atoms with Crippen LogP contribution >= 0.6 is 0 Å². The summed E-state index contributed by atoms with van der Waals surface area (Å²) >= 11 is 0. The van der Waals surface area contributed by atoms with Gasteiger partial charge in [-0.3, -0.25) is 0 Å². The van der Waals surface area contributed by atoms with Crippen molar-refractivity contribution in [2.75, 3.05) is 0 Å². The molecule has 4 aliphatic carbocycles. The molecule has 0 aromatic carbocycles. The van der Waals surface area contributed by atoms with Gasteiger partial charge in [-0.15, -0.1) is 0 Å². The average molecular weight is 407 g/mol. The van der Waals surface area contributed by atoms with Crippen molar-refractivity contribution in [2.24, 2.45) is 39.9 Å². The number of hydrogen-bond donors (Lipinski definition) is 3.